The Labute approximate surface area is 106 Å². The molecule has 0 aliphatic heterocycles. The third-order valence-corrected chi connectivity index (χ3v) is 3.94. The van der Waals surface area contributed by atoms with Gasteiger partial charge in [-0.15, -0.1) is 0 Å². The van der Waals surface area contributed by atoms with Crippen LogP contribution in [0.2, 0.25) is 0 Å². The lowest BCUT2D eigenvalue weighted by atomic mass is 9.95. The van der Waals surface area contributed by atoms with Crippen LogP contribution < -0.4 is 0 Å². The van der Waals surface area contributed by atoms with Gasteiger partial charge in [-0.1, -0.05) is 19.4 Å². The summed E-state index contributed by atoms with van der Waals surface area (Å²) in [6.45, 7) is 2.15. The summed E-state index contributed by atoms with van der Waals surface area (Å²) in [6.07, 6.45) is 4.36. The molecule has 18 heavy (non-hydrogen) atoms. The van der Waals surface area contributed by atoms with Crippen LogP contribution in [0, 0.1) is 23.5 Å². The summed E-state index contributed by atoms with van der Waals surface area (Å²) in [5.74, 6) is -0.805. The van der Waals surface area contributed by atoms with Crippen molar-refractivity contribution in [1.29, 1.82) is 0 Å². The first-order valence-corrected chi connectivity index (χ1v) is 6.56. The van der Waals surface area contributed by atoms with Gasteiger partial charge < -0.3 is 0 Å². The van der Waals surface area contributed by atoms with Crippen LogP contribution in [0.15, 0.2) is 18.2 Å². The molecule has 1 aromatic carbocycles. The molecular weight excluding hydrogens is 234 g/mol. The molecule has 0 radical (unpaired) electrons. The summed E-state index contributed by atoms with van der Waals surface area (Å²) >= 11 is 0. The molecule has 0 amide bonds. The van der Waals surface area contributed by atoms with Crippen molar-refractivity contribution in [3.8, 4) is 0 Å². The van der Waals surface area contributed by atoms with Crippen LogP contribution in [0.4, 0.5) is 8.78 Å². The zero-order valence-electron chi connectivity index (χ0n) is 10.6. The average molecular weight is 252 g/mol. The normalized spacial score (nSPS) is 23.3. The first kappa shape index (κ1) is 13.2. The average Bonchev–Trinajstić information content (AvgIpc) is 2.82. The van der Waals surface area contributed by atoms with E-state index in [0.29, 0.717) is 11.5 Å². The van der Waals surface area contributed by atoms with Crippen LogP contribution in [0.3, 0.4) is 0 Å². The summed E-state index contributed by atoms with van der Waals surface area (Å²) in [5, 5.41) is 0. The van der Waals surface area contributed by atoms with Crippen LogP contribution in [0.25, 0.3) is 0 Å². The smallest absolute Gasteiger partial charge is 0.159 e. The molecule has 1 nitrogen and oxygen atoms in total. The van der Waals surface area contributed by atoms with Crippen LogP contribution in [-0.4, -0.2) is 5.78 Å². The molecule has 1 aromatic rings. The van der Waals surface area contributed by atoms with Crippen molar-refractivity contribution in [2.75, 3.05) is 0 Å². The highest BCUT2D eigenvalue weighted by Gasteiger charge is 2.28. The largest absolute Gasteiger partial charge is 0.299 e. The van der Waals surface area contributed by atoms with E-state index in [-0.39, 0.29) is 18.1 Å². The maximum absolute atomic E-state index is 13.0. The summed E-state index contributed by atoms with van der Waals surface area (Å²) in [7, 11) is 0. The predicted octanol–water partition coefficient (Wildman–Crippen LogP) is 3.90. The van der Waals surface area contributed by atoms with Gasteiger partial charge in [-0.3, -0.25) is 4.79 Å². The highest BCUT2D eigenvalue weighted by atomic mass is 19.2. The molecule has 2 rings (SSSR count). The quantitative estimate of drug-likeness (QED) is 0.794. The lowest BCUT2D eigenvalue weighted by Crippen LogP contribution is -2.14. The van der Waals surface area contributed by atoms with Crippen LogP contribution in [0.5, 0.6) is 0 Å². The van der Waals surface area contributed by atoms with Crippen molar-refractivity contribution < 1.29 is 13.6 Å². The fraction of sp³-hybridized carbons (Fsp3) is 0.533. The molecule has 0 bridgehead atoms. The zero-order chi connectivity index (χ0) is 13.1. The minimum atomic E-state index is -0.877. The van der Waals surface area contributed by atoms with Crippen molar-refractivity contribution in [2.45, 2.75) is 39.0 Å². The number of halogens is 2. The van der Waals surface area contributed by atoms with Crippen molar-refractivity contribution in [1.82, 2.24) is 0 Å². The van der Waals surface area contributed by atoms with Crippen molar-refractivity contribution in [3.05, 3.63) is 35.4 Å². The second-order valence-electron chi connectivity index (χ2n) is 5.18. The molecule has 98 valence electrons. The van der Waals surface area contributed by atoms with E-state index in [1.54, 1.807) is 0 Å². The van der Waals surface area contributed by atoms with Crippen LogP contribution in [-0.2, 0) is 11.2 Å². The molecule has 1 aliphatic rings. The Morgan fingerprint density at radius 1 is 1.28 bits per heavy atom. The summed E-state index contributed by atoms with van der Waals surface area (Å²) in [6, 6.07) is 3.70. The monoisotopic (exact) mass is 252 g/mol. The van der Waals surface area contributed by atoms with Gasteiger partial charge in [0, 0.05) is 12.3 Å². The van der Waals surface area contributed by atoms with Gasteiger partial charge in [-0.2, -0.15) is 0 Å². The lowest BCUT2D eigenvalue weighted by molar-refractivity contribution is -0.122. The molecule has 0 saturated heterocycles. The summed E-state index contributed by atoms with van der Waals surface area (Å²) < 4.78 is 25.8. The highest BCUT2D eigenvalue weighted by Crippen LogP contribution is 2.34. The highest BCUT2D eigenvalue weighted by molar-refractivity contribution is 5.83. The summed E-state index contributed by atoms with van der Waals surface area (Å²) in [5.41, 5.74) is 0.568. The van der Waals surface area contributed by atoms with Crippen molar-refractivity contribution in [3.63, 3.8) is 0 Å². The Kier molecular flexibility index (Phi) is 4.10. The van der Waals surface area contributed by atoms with E-state index in [9.17, 15) is 13.6 Å². The topological polar surface area (TPSA) is 17.1 Å². The number of carbonyl (C=O) groups excluding carboxylic acids is 1. The van der Waals surface area contributed by atoms with Gasteiger partial charge >= 0.3 is 0 Å². The number of Topliss-reactive ketones (excluding diaryl/α,β-unsaturated/α-hetero) is 1. The number of benzene rings is 1. The van der Waals surface area contributed by atoms with E-state index in [4.69, 9.17) is 0 Å². The molecule has 2 atom stereocenters. The van der Waals surface area contributed by atoms with Crippen molar-refractivity contribution >= 4 is 5.78 Å². The van der Waals surface area contributed by atoms with Gasteiger partial charge in [0.25, 0.3) is 0 Å². The van der Waals surface area contributed by atoms with Gasteiger partial charge in [-0.25, -0.2) is 8.78 Å². The fourth-order valence-electron chi connectivity index (χ4n) is 2.73. The maximum Gasteiger partial charge on any atom is 0.159 e. The molecule has 3 heteroatoms. The lowest BCUT2D eigenvalue weighted by Gasteiger charge is -2.09. The van der Waals surface area contributed by atoms with Crippen LogP contribution in [0.1, 0.15) is 38.2 Å². The zero-order valence-corrected chi connectivity index (χ0v) is 10.6. The van der Waals surface area contributed by atoms with Crippen molar-refractivity contribution in [2.24, 2.45) is 11.8 Å². The molecule has 1 aliphatic carbocycles. The van der Waals surface area contributed by atoms with E-state index in [1.807, 2.05) is 0 Å². The SMILES string of the molecule is CCC1CCC(C(=O)Cc2ccc(F)c(F)c2)C1. The van der Waals surface area contributed by atoms with Crippen LogP contribution >= 0.6 is 0 Å². The minimum absolute atomic E-state index is 0.114. The number of carbonyl (C=O) groups is 1. The Balaban J connectivity index is 1.97. The fourth-order valence-corrected chi connectivity index (χ4v) is 2.73. The summed E-state index contributed by atoms with van der Waals surface area (Å²) in [4.78, 5) is 12.1. The Hall–Kier alpha value is -1.25. The van der Waals surface area contributed by atoms with E-state index in [1.165, 1.54) is 6.07 Å². The number of ketones is 1. The molecular formula is C15H18F2O. The first-order valence-electron chi connectivity index (χ1n) is 6.56. The number of hydrogen-bond acceptors (Lipinski definition) is 1. The van der Waals surface area contributed by atoms with E-state index in [2.05, 4.69) is 6.92 Å². The molecule has 0 N–H and O–H groups in total. The minimum Gasteiger partial charge on any atom is -0.299 e. The molecule has 1 fully saturated rings. The molecule has 0 spiro atoms. The van der Waals surface area contributed by atoms with Gasteiger partial charge in [0.2, 0.25) is 0 Å². The van der Waals surface area contributed by atoms with E-state index < -0.39 is 11.6 Å². The molecule has 0 aromatic heterocycles. The third kappa shape index (κ3) is 2.95. The van der Waals surface area contributed by atoms with Gasteiger partial charge in [0.1, 0.15) is 5.78 Å². The first-order chi connectivity index (χ1) is 8.60. The van der Waals surface area contributed by atoms with E-state index in [0.717, 1.165) is 37.8 Å². The maximum atomic E-state index is 13.0. The Morgan fingerprint density at radius 3 is 2.67 bits per heavy atom. The second-order valence-corrected chi connectivity index (χ2v) is 5.18. The van der Waals surface area contributed by atoms with E-state index >= 15 is 0 Å². The van der Waals surface area contributed by atoms with Gasteiger partial charge in [0.15, 0.2) is 11.6 Å². The second kappa shape index (κ2) is 5.59. The molecule has 1 saturated carbocycles. The number of rotatable bonds is 4. The molecule has 0 heterocycles. The Bertz CT molecular complexity index is 442. The predicted molar refractivity (Wildman–Crippen MR) is 66.2 cm³/mol. The molecule has 2 unspecified atom stereocenters. The van der Waals surface area contributed by atoms with Gasteiger partial charge in [0.05, 0.1) is 0 Å². The Morgan fingerprint density at radius 2 is 2.06 bits per heavy atom. The van der Waals surface area contributed by atoms with Gasteiger partial charge in [-0.05, 0) is 42.9 Å². The standard InChI is InChI=1S/C15H18F2O/c1-2-10-3-5-12(7-10)15(18)9-11-4-6-13(16)14(17)8-11/h4,6,8,10,12H,2-3,5,7,9H2,1H3. The number of hydrogen-bond donors (Lipinski definition) is 0. The third-order valence-electron chi connectivity index (χ3n) is 3.94.